The number of carbonyl (C=O) groups is 1. The van der Waals surface area contributed by atoms with Gasteiger partial charge in [-0.25, -0.2) is 0 Å². The van der Waals surface area contributed by atoms with Crippen LogP contribution in [0.2, 0.25) is 0 Å². The van der Waals surface area contributed by atoms with Crippen molar-refractivity contribution in [3.63, 3.8) is 0 Å². The molecule has 13 heavy (non-hydrogen) atoms. The van der Waals surface area contributed by atoms with Gasteiger partial charge in [0.25, 0.3) is 0 Å². The molecule has 0 aliphatic heterocycles. The molecule has 0 radical (unpaired) electrons. The first kappa shape index (κ1) is 7.91. The van der Waals surface area contributed by atoms with Crippen LogP contribution in [0.5, 0.6) is 0 Å². The van der Waals surface area contributed by atoms with E-state index in [-0.39, 0.29) is 12.4 Å². The minimum absolute atomic E-state index is 0.251. The third-order valence-electron chi connectivity index (χ3n) is 1.86. The van der Waals surface area contributed by atoms with Crippen LogP contribution in [-0.4, -0.2) is 18.1 Å². The summed E-state index contributed by atoms with van der Waals surface area (Å²) < 4.78 is 9.67. The molecule has 0 saturated heterocycles. The fourth-order valence-electron chi connectivity index (χ4n) is 1.23. The van der Waals surface area contributed by atoms with Gasteiger partial charge in [0.2, 0.25) is 0 Å². The van der Waals surface area contributed by atoms with E-state index in [1.807, 2.05) is 6.07 Å². The maximum atomic E-state index is 10.9. The number of carbonyl (C=O) groups excluding carboxylic acids is 1. The van der Waals surface area contributed by atoms with Crippen LogP contribution in [0.15, 0.2) is 22.8 Å². The van der Waals surface area contributed by atoms with Crippen LogP contribution >= 0.6 is 0 Å². The normalized spacial score (nSPS) is 10.5. The van der Waals surface area contributed by atoms with E-state index >= 15 is 0 Å². The van der Waals surface area contributed by atoms with E-state index in [9.17, 15) is 4.79 Å². The van der Waals surface area contributed by atoms with Gasteiger partial charge in [-0.05, 0) is 0 Å². The number of hydrogen-bond acceptors (Lipinski definition) is 3. The average molecular weight is 179 g/mol. The molecule has 2 aromatic heterocycles. The summed E-state index contributed by atoms with van der Waals surface area (Å²) in [5, 5.41) is 0. The Morgan fingerprint density at radius 3 is 3.23 bits per heavy atom. The van der Waals surface area contributed by atoms with Gasteiger partial charge in [0, 0.05) is 17.8 Å². The number of H-pyrrole nitrogens is 1. The molecular formula is C9H9NO3. The maximum Gasteiger partial charge on any atom is 0.311 e. The lowest BCUT2D eigenvalue weighted by Gasteiger charge is -1.94. The highest BCUT2D eigenvalue weighted by Gasteiger charge is 2.07. The molecule has 0 aliphatic carbocycles. The largest absolute Gasteiger partial charge is 0.469 e. The molecule has 0 amide bonds. The topological polar surface area (TPSA) is 55.2 Å². The third kappa shape index (κ3) is 1.42. The zero-order valence-electron chi connectivity index (χ0n) is 7.16. The van der Waals surface area contributed by atoms with E-state index in [2.05, 4.69) is 9.72 Å². The number of hydrogen-bond donors (Lipinski definition) is 1. The number of ether oxygens (including phenoxy) is 1. The highest BCUT2D eigenvalue weighted by molar-refractivity contribution is 5.78. The predicted octanol–water partition coefficient (Wildman–Crippen LogP) is 1.48. The first-order valence-electron chi connectivity index (χ1n) is 3.91. The van der Waals surface area contributed by atoms with Crippen LogP contribution < -0.4 is 0 Å². The number of nitrogens with one attached hydrogen (secondary N) is 1. The van der Waals surface area contributed by atoms with Gasteiger partial charge in [0.15, 0.2) is 5.58 Å². The number of aromatic amines is 1. The van der Waals surface area contributed by atoms with Gasteiger partial charge in [-0.15, -0.1) is 0 Å². The Morgan fingerprint density at radius 1 is 1.69 bits per heavy atom. The summed E-state index contributed by atoms with van der Waals surface area (Å²) >= 11 is 0. The molecule has 0 saturated carbocycles. The summed E-state index contributed by atoms with van der Waals surface area (Å²) in [5.74, 6) is -0.260. The van der Waals surface area contributed by atoms with Crippen molar-refractivity contribution in [2.24, 2.45) is 0 Å². The quantitative estimate of drug-likeness (QED) is 0.710. The molecule has 0 aliphatic rings. The molecule has 0 aromatic carbocycles. The fraction of sp³-hybridized carbons (Fsp3) is 0.222. The lowest BCUT2D eigenvalue weighted by atomic mass is 10.3. The summed E-state index contributed by atoms with van der Waals surface area (Å²) in [4.78, 5) is 14.0. The second-order valence-corrected chi connectivity index (χ2v) is 2.75. The van der Waals surface area contributed by atoms with Gasteiger partial charge in [-0.2, -0.15) is 0 Å². The number of methoxy groups -OCH3 is 1. The second kappa shape index (κ2) is 2.97. The summed E-state index contributed by atoms with van der Waals surface area (Å²) in [6, 6.07) is 3.61. The van der Waals surface area contributed by atoms with Crippen LogP contribution in [0.1, 0.15) is 5.69 Å². The van der Waals surface area contributed by atoms with E-state index in [0.29, 0.717) is 0 Å². The Bertz CT molecular complexity index is 398. The van der Waals surface area contributed by atoms with Gasteiger partial charge in [0.1, 0.15) is 0 Å². The predicted molar refractivity (Wildman–Crippen MR) is 46.3 cm³/mol. The molecule has 1 N–H and O–H groups in total. The van der Waals surface area contributed by atoms with Crippen molar-refractivity contribution >= 4 is 17.1 Å². The van der Waals surface area contributed by atoms with Crippen LogP contribution in [0.25, 0.3) is 11.1 Å². The van der Waals surface area contributed by atoms with Gasteiger partial charge in [-0.3, -0.25) is 4.79 Å². The molecule has 0 fully saturated rings. The molecule has 2 rings (SSSR count). The lowest BCUT2D eigenvalue weighted by Crippen LogP contribution is -2.04. The highest BCUT2D eigenvalue weighted by atomic mass is 16.5. The van der Waals surface area contributed by atoms with Crippen molar-refractivity contribution < 1.29 is 13.9 Å². The number of esters is 1. The molecule has 0 bridgehead atoms. The summed E-state index contributed by atoms with van der Waals surface area (Å²) in [6.45, 7) is 0. The van der Waals surface area contributed by atoms with E-state index < -0.39 is 0 Å². The molecule has 4 heteroatoms. The van der Waals surface area contributed by atoms with E-state index in [1.165, 1.54) is 7.11 Å². The Balaban J connectivity index is 2.25. The lowest BCUT2D eigenvalue weighted by molar-refractivity contribution is -0.139. The first-order chi connectivity index (χ1) is 6.29. The molecule has 0 unspecified atom stereocenters. The Labute approximate surface area is 74.5 Å². The molecule has 0 atom stereocenters. The van der Waals surface area contributed by atoms with Gasteiger partial charge >= 0.3 is 5.97 Å². The Kier molecular flexibility index (Phi) is 1.81. The second-order valence-electron chi connectivity index (χ2n) is 2.75. The molecular weight excluding hydrogens is 170 g/mol. The van der Waals surface area contributed by atoms with Crippen LogP contribution in [0, 0.1) is 0 Å². The molecule has 0 spiro atoms. The van der Waals surface area contributed by atoms with Gasteiger partial charge < -0.3 is 14.1 Å². The summed E-state index contributed by atoms with van der Waals surface area (Å²) in [7, 11) is 1.37. The van der Waals surface area contributed by atoms with Crippen LogP contribution in [-0.2, 0) is 16.0 Å². The minimum atomic E-state index is -0.260. The standard InChI is InChI=1S/C9H9NO3/c1-12-9(11)5-6-4-8-7(10-6)2-3-13-8/h2-4,10H,5H2,1H3. The average Bonchev–Trinajstić information content (AvgIpc) is 2.63. The van der Waals surface area contributed by atoms with Crippen LogP contribution in [0.3, 0.4) is 0 Å². The van der Waals surface area contributed by atoms with E-state index in [0.717, 1.165) is 16.8 Å². The monoisotopic (exact) mass is 179 g/mol. The zero-order valence-corrected chi connectivity index (χ0v) is 7.16. The third-order valence-corrected chi connectivity index (χ3v) is 1.86. The van der Waals surface area contributed by atoms with Crippen molar-refractivity contribution in [3.8, 4) is 0 Å². The number of aromatic nitrogens is 1. The maximum absolute atomic E-state index is 10.9. The molecule has 2 aromatic rings. The van der Waals surface area contributed by atoms with Crippen LogP contribution in [0.4, 0.5) is 0 Å². The van der Waals surface area contributed by atoms with Crippen molar-refractivity contribution in [1.29, 1.82) is 0 Å². The number of furan rings is 1. The fourth-order valence-corrected chi connectivity index (χ4v) is 1.23. The molecule has 4 nitrogen and oxygen atoms in total. The molecule has 2 heterocycles. The zero-order chi connectivity index (χ0) is 9.26. The van der Waals surface area contributed by atoms with Crippen molar-refractivity contribution in [2.75, 3.05) is 7.11 Å². The molecule has 68 valence electrons. The summed E-state index contributed by atoms with van der Waals surface area (Å²) in [5.41, 5.74) is 2.47. The van der Waals surface area contributed by atoms with Crippen molar-refractivity contribution in [1.82, 2.24) is 4.98 Å². The van der Waals surface area contributed by atoms with Crippen molar-refractivity contribution in [3.05, 3.63) is 24.1 Å². The van der Waals surface area contributed by atoms with E-state index in [4.69, 9.17) is 4.42 Å². The van der Waals surface area contributed by atoms with Gasteiger partial charge in [-0.1, -0.05) is 0 Å². The minimum Gasteiger partial charge on any atom is -0.469 e. The summed E-state index contributed by atoms with van der Waals surface area (Å²) in [6.07, 6.45) is 1.85. The number of rotatable bonds is 2. The van der Waals surface area contributed by atoms with E-state index in [1.54, 1.807) is 12.3 Å². The Hall–Kier alpha value is -1.71. The van der Waals surface area contributed by atoms with Crippen molar-refractivity contribution in [2.45, 2.75) is 6.42 Å². The van der Waals surface area contributed by atoms with Gasteiger partial charge in [0.05, 0.1) is 25.3 Å². The highest BCUT2D eigenvalue weighted by Crippen LogP contribution is 2.16. The first-order valence-corrected chi connectivity index (χ1v) is 3.91. The smallest absolute Gasteiger partial charge is 0.311 e. The number of fused-ring (bicyclic) bond motifs is 1. The SMILES string of the molecule is COC(=O)Cc1cc2occc2[nH]1. The Morgan fingerprint density at radius 2 is 2.54 bits per heavy atom.